The van der Waals surface area contributed by atoms with Crippen LogP contribution >= 0.6 is 31.9 Å². The first kappa shape index (κ1) is 30.0. The Morgan fingerprint density at radius 3 is 2.55 bits per heavy atom. The van der Waals surface area contributed by atoms with E-state index < -0.39 is 5.79 Å². The van der Waals surface area contributed by atoms with Crippen LogP contribution in [0, 0.1) is 12.8 Å². The first-order valence-corrected chi connectivity index (χ1v) is 12.5. The maximum absolute atomic E-state index is 11.7. The minimum absolute atomic E-state index is 0.0706. The molecule has 176 valence electrons. The molecule has 1 aliphatic heterocycles. The lowest BCUT2D eigenvalue weighted by atomic mass is 9.78. The van der Waals surface area contributed by atoms with Crippen molar-refractivity contribution in [2.75, 3.05) is 39.3 Å². The number of amides is 1. The smallest absolute Gasteiger partial charge is 0.210 e. The summed E-state index contributed by atoms with van der Waals surface area (Å²) in [6.07, 6.45) is 15.7. The van der Waals surface area contributed by atoms with Crippen LogP contribution in [0.4, 0.5) is 0 Å². The van der Waals surface area contributed by atoms with Gasteiger partial charge in [-0.2, -0.15) is 0 Å². The molecule has 2 aliphatic rings. The van der Waals surface area contributed by atoms with Gasteiger partial charge in [-0.1, -0.05) is 43.5 Å². The maximum Gasteiger partial charge on any atom is 0.210 e. The number of methoxy groups -OCH3 is 1. The third-order valence-electron chi connectivity index (χ3n) is 5.24. The Labute approximate surface area is 203 Å². The second-order valence-electron chi connectivity index (χ2n) is 6.92. The highest BCUT2D eigenvalue weighted by molar-refractivity contribution is 9.12. The topological polar surface area (TPSA) is 79.2 Å². The Kier molecular flexibility index (Phi) is 16.1. The van der Waals surface area contributed by atoms with E-state index in [0.717, 1.165) is 22.9 Å². The van der Waals surface area contributed by atoms with Gasteiger partial charge in [0.1, 0.15) is 0 Å². The molecule has 2 unspecified atom stereocenters. The van der Waals surface area contributed by atoms with Crippen LogP contribution in [0.1, 0.15) is 39.0 Å². The predicted octanol–water partition coefficient (Wildman–Crippen LogP) is 3.92. The molecule has 31 heavy (non-hydrogen) atoms. The van der Waals surface area contributed by atoms with E-state index in [0.29, 0.717) is 45.4 Å². The molecule has 0 fully saturated rings. The van der Waals surface area contributed by atoms with Crippen LogP contribution in [0.3, 0.4) is 0 Å². The monoisotopic (exact) mass is 563 g/mol. The summed E-state index contributed by atoms with van der Waals surface area (Å²) < 4.78 is 11.5. The molecule has 1 heterocycles. The third kappa shape index (κ3) is 9.21. The number of halogens is 2. The van der Waals surface area contributed by atoms with Gasteiger partial charge in [-0.05, 0) is 49.2 Å². The fourth-order valence-corrected chi connectivity index (χ4v) is 4.41. The van der Waals surface area contributed by atoms with Gasteiger partial charge >= 0.3 is 0 Å². The first-order valence-electron chi connectivity index (χ1n) is 10.1. The summed E-state index contributed by atoms with van der Waals surface area (Å²) in [6, 6.07) is -0.0706. The zero-order valence-corrected chi connectivity index (χ0v) is 21.8. The van der Waals surface area contributed by atoms with Gasteiger partial charge in [0.15, 0.2) is 5.79 Å². The summed E-state index contributed by atoms with van der Waals surface area (Å²) >= 11 is 6.50. The molecule has 0 aromatic heterocycles. The molecule has 0 aromatic carbocycles. The van der Waals surface area contributed by atoms with Crippen molar-refractivity contribution >= 4 is 38.3 Å². The number of carbonyl (C=O) groups excluding carboxylic acids is 1. The van der Waals surface area contributed by atoms with Gasteiger partial charge in [-0.25, -0.2) is 0 Å². The van der Waals surface area contributed by atoms with E-state index in [1.165, 1.54) is 11.1 Å². The molecule has 8 heteroatoms. The second-order valence-corrected chi connectivity index (χ2v) is 7.77. The van der Waals surface area contributed by atoms with E-state index in [-0.39, 0.29) is 12.6 Å². The number of carbonyl (C=O) groups is 1. The quantitative estimate of drug-likeness (QED) is 0.111. The molecule has 0 bridgehead atoms. The number of terminal acetylenes is 1. The van der Waals surface area contributed by atoms with E-state index in [2.05, 4.69) is 44.7 Å². The number of aliphatic hydroxyl groups excluding tert-OH is 1. The molecule has 2 N–H and O–H groups in total. The summed E-state index contributed by atoms with van der Waals surface area (Å²) in [6.45, 7) is 3.37. The zero-order chi connectivity index (χ0) is 23.9. The molecule has 2 rings (SSSR count). The highest BCUT2D eigenvalue weighted by Crippen LogP contribution is 2.42. The maximum atomic E-state index is 11.7. The molecule has 0 spiro atoms. The van der Waals surface area contributed by atoms with Crippen molar-refractivity contribution in [1.29, 1.82) is 0 Å². The summed E-state index contributed by atoms with van der Waals surface area (Å²) in [5.74, 6) is 0.719. The summed E-state index contributed by atoms with van der Waals surface area (Å²) in [5.41, 5.74) is 3.35. The van der Waals surface area contributed by atoms with E-state index in [1.54, 1.807) is 13.2 Å². The van der Waals surface area contributed by atoms with Crippen molar-refractivity contribution in [3.63, 3.8) is 0 Å². The lowest BCUT2D eigenvalue weighted by Gasteiger charge is -2.43. The number of hydrogen-bond donors (Lipinski definition) is 2. The van der Waals surface area contributed by atoms with Gasteiger partial charge in [0.05, 0.1) is 19.3 Å². The normalized spacial score (nSPS) is 23.8. The number of allylic oxidation sites excluding steroid dienone is 1. The fourth-order valence-electron chi connectivity index (χ4n) is 3.96. The van der Waals surface area contributed by atoms with Crippen LogP contribution in [-0.2, 0) is 14.3 Å². The number of ether oxygens (including phenoxy) is 2. The number of nitrogens with zero attached hydrogens (tertiary/aromatic N) is 1. The lowest BCUT2D eigenvalue weighted by molar-refractivity contribution is -0.207. The predicted molar refractivity (Wildman–Crippen MR) is 132 cm³/mol. The molecule has 2 atom stereocenters. The fraction of sp³-hybridized carbons (Fsp3) is 0.609. The minimum atomic E-state index is -1.09. The molecule has 1 aliphatic carbocycles. The second kappa shape index (κ2) is 16.7. The van der Waals surface area contributed by atoms with E-state index in [4.69, 9.17) is 9.47 Å². The van der Waals surface area contributed by atoms with Crippen molar-refractivity contribution in [3.8, 4) is 12.8 Å². The van der Waals surface area contributed by atoms with Crippen molar-refractivity contribution < 1.29 is 24.5 Å². The Morgan fingerprint density at radius 1 is 1.32 bits per heavy atom. The number of hydrogen-bond acceptors (Lipinski definition) is 5. The minimum Gasteiger partial charge on any atom is -0.392 e. The van der Waals surface area contributed by atoms with Crippen LogP contribution in [0.5, 0.6) is 0 Å². The summed E-state index contributed by atoms with van der Waals surface area (Å²) in [5, 5.41) is 20.1. The van der Waals surface area contributed by atoms with Crippen molar-refractivity contribution in [2.45, 2.75) is 50.9 Å². The van der Waals surface area contributed by atoms with Crippen LogP contribution in [0.2, 0.25) is 0 Å². The SMILES string of the molecule is C#C.CBr.CCOC1(O)CCC2=C(CCN(C=O)C2CC(=C/CO)/C(Br)=C\COC)C1. The van der Waals surface area contributed by atoms with Gasteiger partial charge in [-0.15, -0.1) is 12.8 Å². The Bertz CT molecular complexity index is 660. The highest BCUT2D eigenvalue weighted by atomic mass is 79.9. The van der Waals surface area contributed by atoms with Crippen molar-refractivity contribution in [3.05, 3.63) is 33.4 Å². The zero-order valence-electron chi connectivity index (χ0n) is 18.7. The Hall–Kier alpha value is -0.950. The summed E-state index contributed by atoms with van der Waals surface area (Å²) in [4.78, 5) is 13.5. The van der Waals surface area contributed by atoms with Crippen LogP contribution in [0.25, 0.3) is 0 Å². The molecular formula is C23H35Br2NO5. The molecule has 0 aromatic rings. The number of alkyl halides is 1. The average molecular weight is 565 g/mol. The van der Waals surface area contributed by atoms with Gasteiger partial charge in [-0.3, -0.25) is 4.79 Å². The van der Waals surface area contributed by atoms with Crippen LogP contribution < -0.4 is 0 Å². The van der Waals surface area contributed by atoms with Gasteiger partial charge < -0.3 is 24.6 Å². The van der Waals surface area contributed by atoms with Crippen LogP contribution in [0.15, 0.2) is 33.4 Å². The summed E-state index contributed by atoms with van der Waals surface area (Å²) in [7, 11) is 1.63. The van der Waals surface area contributed by atoms with Crippen LogP contribution in [-0.4, -0.2) is 72.7 Å². The molecule has 0 radical (unpaired) electrons. The Morgan fingerprint density at radius 2 is 2.00 bits per heavy atom. The van der Waals surface area contributed by atoms with Gasteiger partial charge in [0.2, 0.25) is 6.41 Å². The molecule has 0 saturated carbocycles. The highest BCUT2D eigenvalue weighted by Gasteiger charge is 2.39. The average Bonchev–Trinajstić information content (AvgIpc) is 2.79. The van der Waals surface area contributed by atoms with E-state index in [1.807, 2.05) is 23.7 Å². The number of rotatable bonds is 9. The van der Waals surface area contributed by atoms with E-state index >= 15 is 0 Å². The van der Waals surface area contributed by atoms with Crippen molar-refractivity contribution in [2.24, 2.45) is 0 Å². The lowest BCUT2D eigenvalue weighted by Crippen LogP contribution is -2.45. The third-order valence-corrected chi connectivity index (χ3v) is 6.07. The molecule has 0 saturated heterocycles. The largest absolute Gasteiger partial charge is 0.392 e. The standard InChI is InChI=1S/C20H30BrNO5.C2H2.CH3Br/c1-3-27-20(25)8-4-17-16(13-20)5-9-22(14-24)19(17)12-15(6-10-23)18(21)7-11-26-2;2*1-2/h6-7,14,19,23,25H,3-5,8-13H2,1-2H3;1-2H;1H3/b15-6-,18-7+;;. The van der Waals surface area contributed by atoms with Gasteiger partial charge in [0, 0.05) is 37.6 Å². The molecule has 6 nitrogen and oxygen atoms in total. The Balaban J connectivity index is 0.00000212. The van der Waals surface area contributed by atoms with E-state index in [9.17, 15) is 15.0 Å². The first-order chi connectivity index (χ1) is 15.0. The number of aliphatic hydroxyl groups is 2. The molecular weight excluding hydrogens is 530 g/mol. The van der Waals surface area contributed by atoms with Crippen molar-refractivity contribution in [1.82, 2.24) is 4.90 Å². The molecule has 1 amide bonds. The van der Waals surface area contributed by atoms with Gasteiger partial charge in [0.25, 0.3) is 0 Å².